The average molecular weight is 768 g/mol. The lowest BCUT2D eigenvalue weighted by molar-refractivity contribution is -0.138. The maximum absolute atomic E-state index is 14.4. The molecule has 0 spiro atoms. The minimum Gasteiger partial charge on any atom is -0.507 e. The lowest BCUT2D eigenvalue weighted by Crippen LogP contribution is -2.60. The SMILES string of the molecule is COc1cc(O)c(C2C3=CCC4C(=O)N(c5ccc(C(=O)c6ccccc6)cc5)C(=O)C4C3CC3(Cl)C(=O)N(CBr)C(=O)C23Cl)c(OC)c1. The van der Waals surface area contributed by atoms with E-state index in [9.17, 15) is 29.1 Å². The predicted molar refractivity (Wildman–Crippen MR) is 183 cm³/mol. The molecule has 4 amide bonds. The first-order valence-electron chi connectivity index (χ1n) is 15.5. The van der Waals surface area contributed by atoms with E-state index in [2.05, 4.69) is 15.9 Å². The van der Waals surface area contributed by atoms with E-state index in [1.165, 1.54) is 26.4 Å². The molecule has 10 nitrogen and oxygen atoms in total. The van der Waals surface area contributed by atoms with Gasteiger partial charge in [-0.3, -0.25) is 33.8 Å². The third-order valence-corrected chi connectivity index (χ3v) is 12.2. The van der Waals surface area contributed by atoms with Crippen LogP contribution in [0.3, 0.4) is 0 Å². The normalized spacial score (nSPS) is 29.0. The number of hydrogen-bond donors (Lipinski definition) is 1. The number of hydrogen-bond acceptors (Lipinski definition) is 8. The van der Waals surface area contributed by atoms with Gasteiger partial charge in [0.05, 0.1) is 37.2 Å². The summed E-state index contributed by atoms with van der Waals surface area (Å²) < 4.78 is 11.0. The zero-order valence-corrected chi connectivity index (χ0v) is 29.3. The van der Waals surface area contributed by atoms with Crippen LogP contribution in [0.4, 0.5) is 5.69 Å². The Hall–Kier alpha value is -4.19. The molecule has 7 rings (SSSR count). The zero-order valence-electron chi connectivity index (χ0n) is 26.2. The van der Waals surface area contributed by atoms with Gasteiger partial charge in [0.25, 0.3) is 11.8 Å². The summed E-state index contributed by atoms with van der Waals surface area (Å²) in [6, 6.07) is 17.9. The van der Waals surface area contributed by atoms with Crippen molar-refractivity contribution in [3.63, 3.8) is 0 Å². The standard InChI is InChI=1S/C36H29BrCl2N2O8/c1-48-21-14-25(42)28(26(15-21)49-2)29-22-12-13-23-27(24(22)16-35(38)33(46)40(17-37)34(47)36(29,35)39)32(45)41(31(23)44)20-10-8-19(9-11-20)30(43)18-6-4-3-5-7-18/h3-12,14-15,23-24,27,29,42H,13,16-17H2,1-2H3. The number of anilines is 1. The minimum atomic E-state index is -2.12. The minimum absolute atomic E-state index is 0.0996. The number of ketones is 1. The van der Waals surface area contributed by atoms with Crippen LogP contribution >= 0.6 is 39.1 Å². The van der Waals surface area contributed by atoms with Gasteiger partial charge in [0.1, 0.15) is 17.2 Å². The van der Waals surface area contributed by atoms with Crippen molar-refractivity contribution >= 4 is 74.2 Å². The molecule has 4 aliphatic rings. The summed E-state index contributed by atoms with van der Waals surface area (Å²) in [6.45, 7) is 0. The molecule has 1 saturated carbocycles. The van der Waals surface area contributed by atoms with Gasteiger partial charge in [0.15, 0.2) is 15.5 Å². The van der Waals surface area contributed by atoms with Gasteiger partial charge in [0, 0.05) is 34.7 Å². The number of likely N-dealkylation sites (tertiary alicyclic amines) is 1. The summed E-state index contributed by atoms with van der Waals surface area (Å²) in [4.78, 5) is 67.2. The number of phenolic OH excluding ortho intramolecular Hbond substituents is 1. The van der Waals surface area contributed by atoms with Crippen molar-refractivity contribution in [2.45, 2.75) is 28.5 Å². The molecule has 6 atom stereocenters. The van der Waals surface area contributed by atoms with Crippen molar-refractivity contribution in [1.82, 2.24) is 4.90 Å². The van der Waals surface area contributed by atoms with Crippen molar-refractivity contribution < 1.29 is 38.6 Å². The first-order valence-corrected chi connectivity index (χ1v) is 17.3. The highest BCUT2D eigenvalue weighted by Gasteiger charge is 2.76. The number of rotatable bonds is 7. The number of phenols is 1. The number of benzene rings is 3. The second-order valence-electron chi connectivity index (χ2n) is 12.5. The van der Waals surface area contributed by atoms with E-state index >= 15 is 0 Å². The molecule has 3 aromatic rings. The van der Waals surface area contributed by atoms with Gasteiger partial charge in [-0.2, -0.15) is 0 Å². The van der Waals surface area contributed by atoms with Gasteiger partial charge in [-0.1, -0.05) is 57.9 Å². The number of aromatic hydroxyl groups is 1. The second kappa shape index (κ2) is 12.0. The van der Waals surface area contributed by atoms with E-state index < -0.39 is 57.0 Å². The summed E-state index contributed by atoms with van der Waals surface area (Å²) in [5.41, 5.74) is 1.60. The smallest absolute Gasteiger partial charge is 0.254 e. The number of fused-ring (bicyclic) bond motifs is 4. The summed E-state index contributed by atoms with van der Waals surface area (Å²) in [7, 11) is 2.79. The first-order chi connectivity index (χ1) is 23.4. The fourth-order valence-electron chi connectivity index (χ4n) is 8.01. The number of imide groups is 2. The topological polar surface area (TPSA) is 131 Å². The molecule has 2 heterocycles. The Morgan fingerprint density at radius 3 is 2.22 bits per heavy atom. The van der Waals surface area contributed by atoms with Crippen LogP contribution in [-0.4, -0.2) is 68.8 Å². The van der Waals surface area contributed by atoms with E-state index in [0.29, 0.717) is 22.4 Å². The molecule has 0 bridgehead atoms. The number of methoxy groups -OCH3 is 2. The monoisotopic (exact) mass is 766 g/mol. The summed E-state index contributed by atoms with van der Waals surface area (Å²) in [5.74, 6) is -6.37. The van der Waals surface area contributed by atoms with Crippen molar-refractivity contribution in [1.29, 1.82) is 0 Å². The highest BCUT2D eigenvalue weighted by atomic mass is 79.9. The maximum atomic E-state index is 14.4. The molecular formula is C36H29BrCl2N2O8. The molecule has 3 aromatic carbocycles. The number of halogens is 3. The highest BCUT2D eigenvalue weighted by Crippen LogP contribution is 2.67. The average Bonchev–Trinajstić information content (AvgIpc) is 3.45. The molecule has 0 aromatic heterocycles. The molecular weight excluding hydrogens is 739 g/mol. The van der Waals surface area contributed by atoms with E-state index in [-0.39, 0.29) is 46.9 Å². The van der Waals surface area contributed by atoms with Gasteiger partial charge in [-0.15, -0.1) is 23.2 Å². The summed E-state index contributed by atoms with van der Waals surface area (Å²) in [5, 5.41) is 11.4. The number of alkyl halides is 3. The van der Waals surface area contributed by atoms with Gasteiger partial charge in [-0.25, -0.2) is 0 Å². The molecule has 3 fully saturated rings. The number of amides is 4. The van der Waals surface area contributed by atoms with Gasteiger partial charge >= 0.3 is 0 Å². The highest BCUT2D eigenvalue weighted by molar-refractivity contribution is 9.09. The van der Waals surface area contributed by atoms with Gasteiger partial charge in [-0.05, 0) is 43.0 Å². The summed E-state index contributed by atoms with van der Waals surface area (Å²) >= 11 is 17.8. The maximum Gasteiger partial charge on any atom is 0.254 e. The number of carbonyl (C=O) groups is 5. The molecule has 2 aliphatic carbocycles. The zero-order chi connectivity index (χ0) is 35.0. The largest absolute Gasteiger partial charge is 0.507 e. The van der Waals surface area contributed by atoms with E-state index in [1.54, 1.807) is 54.6 Å². The van der Waals surface area contributed by atoms with E-state index in [4.69, 9.17) is 32.7 Å². The van der Waals surface area contributed by atoms with Crippen LogP contribution in [0.1, 0.15) is 40.2 Å². The van der Waals surface area contributed by atoms with Crippen LogP contribution in [0.25, 0.3) is 0 Å². The number of carbonyl (C=O) groups excluding carboxylic acids is 5. The Labute approximate surface area is 299 Å². The second-order valence-corrected chi connectivity index (χ2v) is 14.2. The Morgan fingerprint density at radius 2 is 1.59 bits per heavy atom. The van der Waals surface area contributed by atoms with E-state index in [0.717, 1.165) is 9.80 Å². The molecule has 2 saturated heterocycles. The molecule has 252 valence electrons. The van der Waals surface area contributed by atoms with Crippen LogP contribution in [0.15, 0.2) is 78.4 Å². The third kappa shape index (κ3) is 4.62. The number of nitrogens with zero attached hydrogens (tertiary/aromatic N) is 2. The Bertz CT molecular complexity index is 1970. The van der Waals surface area contributed by atoms with Crippen molar-refractivity contribution in [3.05, 3.63) is 95.1 Å². The van der Waals surface area contributed by atoms with Crippen LogP contribution in [0.5, 0.6) is 17.2 Å². The fraction of sp³-hybridized carbons (Fsp3) is 0.306. The van der Waals surface area contributed by atoms with E-state index in [1.807, 2.05) is 6.07 Å². The van der Waals surface area contributed by atoms with Crippen molar-refractivity contribution in [2.75, 3.05) is 24.6 Å². The third-order valence-electron chi connectivity index (χ3n) is 10.3. The Balaban J connectivity index is 1.32. The quantitative estimate of drug-likeness (QED) is 0.109. The molecule has 6 unspecified atom stereocenters. The Morgan fingerprint density at radius 1 is 0.918 bits per heavy atom. The lowest BCUT2D eigenvalue weighted by Gasteiger charge is -2.51. The van der Waals surface area contributed by atoms with Crippen LogP contribution in [0.2, 0.25) is 0 Å². The first kappa shape index (κ1) is 33.3. The van der Waals surface area contributed by atoms with Crippen LogP contribution in [-0.2, 0) is 19.2 Å². The fourth-order valence-corrected chi connectivity index (χ4v) is 9.42. The van der Waals surface area contributed by atoms with Gasteiger partial charge < -0.3 is 14.6 Å². The lowest BCUT2D eigenvalue weighted by atomic mass is 9.56. The summed E-state index contributed by atoms with van der Waals surface area (Å²) in [6.07, 6.45) is 1.68. The van der Waals surface area contributed by atoms with Crippen molar-refractivity contribution in [3.8, 4) is 17.2 Å². The van der Waals surface area contributed by atoms with Crippen LogP contribution in [0, 0.1) is 17.8 Å². The van der Waals surface area contributed by atoms with Crippen LogP contribution < -0.4 is 14.4 Å². The predicted octanol–water partition coefficient (Wildman–Crippen LogP) is 5.56. The van der Waals surface area contributed by atoms with Crippen molar-refractivity contribution in [2.24, 2.45) is 17.8 Å². The molecule has 13 heteroatoms. The molecule has 49 heavy (non-hydrogen) atoms. The number of ether oxygens (including phenoxy) is 2. The Kier molecular flexibility index (Phi) is 8.16. The number of allylic oxidation sites excluding steroid dienone is 2. The van der Waals surface area contributed by atoms with Gasteiger partial charge in [0.2, 0.25) is 11.8 Å². The molecule has 1 N–H and O–H groups in total. The molecule has 0 radical (unpaired) electrons. The molecule has 2 aliphatic heterocycles.